The quantitative estimate of drug-likeness (QED) is 0.858. The number of tetrazole rings is 1. The van der Waals surface area contributed by atoms with E-state index in [1.165, 1.54) is 0 Å². The third kappa shape index (κ3) is 4.16. The molecule has 2 heterocycles. The standard InChI is InChI=1S/C18H28N6O.ClH/c1-5-18(2,3)24-17(19-20-21-24)16(14-6-8-15(25)9-7-14)23-12-10-22(4)11-13-23;/h6-9,16,25H,5,10-13H2,1-4H3;1H. The molecular formula is C18H29ClN6O. The van der Waals surface area contributed by atoms with E-state index in [1.54, 1.807) is 12.1 Å². The van der Waals surface area contributed by atoms with Gasteiger partial charge in [-0.15, -0.1) is 17.5 Å². The average molecular weight is 381 g/mol. The van der Waals surface area contributed by atoms with Crippen LogP contribution in [0.2, 0.25) is 0 Å². The van der Waals surface area contributed by atoms with Gasteiger partial charge in [-0.2, -0.15) is 0 Å². The lowest BCUT2D eigenvalue weighted by molar-refractivity contribution is 0.117. The lowest BCUT2D eigenvalue weighted by Gasteiger charge is -2.38. The summed E-state index contributed by atoms with van der Waals surface area (Å²) in [4.78, 5) is 4.77. The van der Waals surface area contributed by atoms with Crippen molar-refractivity contribution in [2.45, 2.75) is 38.8 Å². The summed E-state index contributed by atoms with van der Waals surface area (Å²) in [5.41, 5.74) is 0.950. The van der Waals surface area contributed by atoms with Crippen molar-refractivity contribution in [1.82, 2.24) is 30.0 Å². The first kappa shape index (κ1) is 20.6. The zero-order chi connectivity index (χ0) is 18.0. The van der Waals surface area contributed by atoms with E-state index in [9.17, 15) is 5.11 Å². The van der Waals surface area contributed by atoms with Crippen LogP contribution in [0.5, 0.6) is 5.75 Å². The number of rotatable bonds is 5. The predicted molar refractivity (Wildman–Crippen MR) is 104 cm³/mol. The number of hydrogen-bond donors (Lipinski definition) is 1. The number of hydrogen-bond acceptors (Lipinski definition) is 6. The second-order valence-electron chi connectivity index (χ2n) is 7.45. The highest BCUT2D eigenvalue weighted by Crippen LogP contribution is 2.32. The first-order valence-electron chi connectivity index (χ1n) is 8.92. The highest BCUT2D eigenvalue weighted by atomic mass is 35.5. The zero-order valence-electron chi connectivity index (χ0n) is 16.0. The van der Waals surface area contributed by atoms with E-state index >= 15 is 0 Å². The van der Waals surface area contributed by atoms with Crippen LogP contribution in [0.25, 0.3) is 0 Å². The molecule has 2 aromatic rings. The Hall–Kier alpha value is -1.70. The number of aromatic nitrogens is 4. The molecule has 144 valence electrons. The molecule has 3 rings (SSSR count). The third-order valence-electron chi connectivity index (χ3n) is 5.29. The Morgan fingerprint density at radius 3 is 2.31 bits per heavy atom. The van der Waals surface area contributed by atoms with Crippen molar-refractivity contribution < 1.29 is 5.11 Å². The van der Waals surface area contributed by atoms with Gasteiger partial charge in [0.05, 0.1) is 11.6 Å². The topological polar surface area (TPSA) is 70.3 Å². The van der Waals surface area contributed by atoms with Crippen LogP contribution < -0.4 is 0 Å². The van der Waals surface area contributed by atoms with Gasteiger partial charge in [-0.25, -0.2) is 4.68 Å². The minimum Gasteiger partial charge on any atom is -0.508 e. The third-order valence-corrected chi connectivity index (χ3v) is 5.29. The summed E-state index contributed by atoms with van der Waals surface area (Å²) < 4.78 is 1.96. The predicted octanol–water partition coefficient (Wildman–Crippen LogP) is 2.28. The first-order valence-corrected chi connectivity index (χ1v) is 8.92. The smallest absolute Gasteiger partial charge is 0.173 e. The zero-order valence-corrected chi connectivity index (χ0v) is 16.8. The molecule has 0 bridgehead atoms. The van der Waals surface area contributed by atoms with Gasteiger partial charge >= 0.3 is 0 Å². The van der Waals surface area contributed by atoms with Crippen LogP contribution in [0.1, 0.15) is 44.6 Å². The van der Waals surface area contributed by atoms with Crippen molar-refractivity contribution in [3.63, 3.8) is 0 Å². The number of piperazine rings is 1. The van der Waals surface area contributed by atoms with Gasteiger partial charge in [-0.3, -0.25) is 4.90 Å². The lowest BCUT2D eigenvalue weighted by atomic mass is 9.99. The first-order chi connectivity index (χ1) is 11.9. The van der Waals surface area contributed by atoms with Crippen LogP contribution in [0.4, 0.5) is 0 Å². The number of phenols is 1. The van der Waals surface area contributed by atoms with E-state index < -0.39 is 0 Å². The summed E-state index contributed by atoms with van der Waals surface area (Å²) in [5.74, 6) is 1.14. The molecule has 1 saturated heterocycles. The van der Waals surface area contributed by atoms with Gasteiger partial charge in [-0.1, -0.05) is 19.1 Å². The summed E-state index contributed by atoms with van der Waals surface area (Å²) in [6, 6.07) is 7.39. The Morgan fingerprint density at radius 1 is 1.12 bits per heavy atom. The van der Waals surface area contributed by atoms with Gasteiger partial charge in [0, 0.05) is 26.2 Å². The molecule has 1 aromatic heterocycles. The summed E-state index contributed by atoms with van der Waals surface area (Å²) in [6.07, 6.45) is 0.941. The lowest BCUT2D eigenvalue weighted by Crippen LogP contribution is -2.47. The van der Waals surface area contributed by atoms with E-state index in [-0.39, 0.29) is 29.7 Å². The Bertz CT molecular complexity index is 694. The largest absolute Gasteiger partial charge is 0.508 e. The molecule has 26 heavy (non-hydrogen) atoms. The molecule has 7 nitrogen and oxygen atoms in total. The molecular weight excluding hydrogens is 352 g/mol. The van der Waals surface area contributed by atoms with E-state index in [2.05, 4.69) is 53.1 Å². The SMILES string of the molecule is CCC(C)(C)n1nnnc1C(c1ccc(O)cc1)N1CCN(C)CC1.Cl. The van der Waals surface area contributed by atoms with Crippen molar-refractivity contribution in [2.24, 2.45) is 0 Å². The molecule has 0 amide bonds. The van der Waals surface area contributed by atoms with Gasteiger partial charge < -0.3 is 10.0 Å². The number of nitrogens with zero attached hydrogens (tertiary/aromatic N) is 6. The highest BCUT2D eigenvalue weighted by Gasteiger charge is 2.33. The van der Waals surface area contributed by atoms with E-state index in [4.69, 9.17) is 0 Å². The van der Waals surface area contributed by atoms with E-state index in [0.717, 1.165) is 44.0 Å². The van der Waals surface area contributed by atoms with Crippen LogP contribution in [0.15, 0.2) is 24.3 Å². The van der Waals surface area contributed by atoms with Crippen LogP contribution in [0.3, 0.4) is 0 Å². The molecule has 1 fully saturated rings. The fourth-order valence-electron chi connectivity index (χ4n) is 3.21. The normalized spacial score (nSPS) is 17.7. The Morgan fingerprint density at radius 2 is 1.73 bits per heavy atom. The molecule has 1 N–H and O–H groups in total. The molecule has 1 aromatic carbocycles. The van der Waals surface area contributed by atoms with Gasteiger partial charge in [0.1, 0.15) is 5.75 Å². The maximum Gasteiger partial charge on any atom is 0.173 e. The molecule has 1 aliphatic heterocycles. The number of likely N-dealkylation sites (N-methyl/N-ethyl adjacent to an activating group) is 1. The molecule has 0 saturated carbocycles. The van der Waals surface area contributed by atoms with Gasteiger partial charge in [0.2, 0.25) is 0 Å². The molecule has 8 heteroatoms. The van der Waals surface area contributed by atoms with Crippen LogP contribution >= 0.6 is 12.4 Å². The van der Waals surface area contributed by atoms with Crippen molar-refractivity contribution in [2.75, 3.05) is 33.2 Å². The molecule has 0 radical (unpaired) electrons. The number of aromatic hydroxyl groups is 1. The highest BCUT2D eigenvalue weighted by molar-refractivity contribution is 5.85. The Kier molecular flexibility index (Phi) is 6.60. The number of phenolic OH excluding ortho intramolecular Hbond substituents is 1. The molecule has 1 atom stereocenters. The van der Waals surface area contributed by atoms with Crippen molar-refractivity contribution in [3.05, 3.63) is 35.7 Å². The van der Waals surface area contributed by atoms with Gasteiger partial charge in [0.15, 0.2) is 5.82 Å². The van der Waals surface area contributed by atoms with Crippen LogP contribution in [0, 0.1) is 0 Å². The Labute approximate surface area is 161 Å². The van der Waals surface area contributed by atoms with Gasteiger partial charge in [0.25, 0.3) is 0 Å². The maximum absolute atomic E-state index is 9.67. The summed E-state index contributed by atoms with van der Waals surface area (Å²) in [5, 5.41) is 22.4. The van der Waals surface area contributed by atoms with Gasteiger partial charge in [-0.05, 0) is 55.4 Å². The summed E-state index contributed by atoms with van der Waals surface area (Å²) >= 11 is 0. The molecule has 0 spiro atoms. The van der Waals surface area contributed by atoms with Crippen LogP contribution in [-0.4, -0.2) is 68.3 Å². The molecule has 1 aliphatic rings. The minimum atomic E-state index is -0.152. The average Bonchev–Trinajstić information content (AvgIpc) is 3.09. The van der Waals surface area contributed by atoms with Crippen molar-refractivity contribution in [3.8, 4) is 5.75 Å². The Balaban J connectivity index is 0.00000243. The molecule has 1 unspecified atom stereocenters. The maximum atomic E-state index is 9.67. The number of halogens is 1. The minimum absolute atomic E-state index is 0. The number of benzene rings is 1. The van der Waals surface area contributed by atoms with Crippen molar-refractivity contribution in [1.29, 1.82) is 0 Å². The van der Waals surface area contributed by atoms with E-state index in [1.807, 2.05) is 16.8 Å². The summed E-state index contributed by atoms with van der Waals surface area (Å²) in [7, 11) is 2.15. The van der Waals surface area contributed by atoms with Crippen LogP contribution in [-0.2, 0) is 5.54 Å². The summed E-state index contributed by atoms with van der Waals surface area (Å²) in [6.45, 7) is 10.4. The second-order valence-corrected chi connectivity index (χ2v) is 7.45. The fourth-order valence-corrected chi connectivity index (χ4v) is 3.21. The van der Waals surface area contributed by atoms with E-state index in [0.29, 0.717) is 0 Å². The second kappa shape index (κ2) is 8.33. The van der Waals surface area contributed by atoms with Crippen molar-refractivity contribution >= 4 is 12.4 Å². The molecule has 0 aliphatic carbocycles. The fraction of sp³-hybridized carbons (Fsp3) is 0.611. The monoisotopic (exact) mass is 380 g/mol.